The summed E-state index contributed by atoms with van der Waals surface area (Å²) in [6.45, 7) is 5.00. The number of ether oxygens (including phenoxy) is 1. The van der Waals surface area contributed by atoms with Crippen molar-refractivity contribution in [2.75, 3.05) is 19.5 Å². The molecule has 0 spiro atoms. The molecule has 6 nitrogen and oxygen atoms in total. The van der Waals surface area contributed by atoms with E-state index in [1.54, 1.807) is 18.4 Å². The minimum absolute atomic E-state index is 0.00915. The number of aryl methyl sites for hydroxylation is 2. The highest BCUT2D eigenvalue weighted by molar-refractivity contribution is 7.18. The number of pyridine rings is 1. The van der Waals surface area contributed by atoms with Crippen LogP contribution in [-0.4, -0.2) is 40.5 Å². The van der Waals surface area contributed by atoms with Gasteiger partial charge in [-0.05, 0) is 80.1 Å². The van der Waals surface area contributed by atoms with Gasteiger partial charge in [-0.15, -0.1) is 11.3 Å². The fourth-order valence-electron chi connectivity index (χ4n) is 4.45. The Labute approximate surface area is 197 Å². The van der Waals surface area contributed by atoms with Gasteiger partial charge in [0.25, 0.3) is 5.91 Å². The van der Waals surface area contributed by atoms with Crippen LogP contribution in [0.5, 0.6) is 0 Å². The number of nitrogens with zero attached hydrogens (tertiary/aromatic N) is 3. The number of fused-ring (bicyclic) bond motifs is 2. The summed E-state index contributed by atoms with van der Waals surface area (Å²) in [5.41, 5.74) is 10.4. The van der Waals surface area contributed by atoms with Gasteiger partial charge in [-0.3, -0.25) is 4.79 Å². The summed E-state index contributed by atoms with van der Waals surface area (Å²) >= 11 is 1.69. The normalized spacial score (nSPS) is 14.6. The second kappa shape index (κ2) is 8.72. The molecule has 1 aliphatic carbocycles. The van der Waals surface area contributed by atoms with E-state index in [9.17, 15) is 4.79 Å². The van der Waals surface area contributed by atoms with Crippen LogP contribution in [0.25, 0.3) is 21.1 Å². The number of aromatic nitrogens is 2. The highest BCUT2D eigenvalue weighted by Gasteiger charge is 2.38. The molecule has 1 saturated carbocycles. The van der Waals surface area contributed by atoms with Crippen LogP contribution in [0.4, 0.5) is 5.82 Å². The first-order valence-electron chi connectivity index (χ1n) is 11.3. The Morgan fingerprint density at radius 1 is 1.15 bits per heavy atom. The van der Waals surface area contributed by atoms with Gasteiger partial charge in [0.1, 0.15) is 5.82 Å². The van der Waals surface area contributed by atoms with Crippen molar-refractivity contribution < 1.29 is 9.53 Å². The lowest BCUT2D eigenvalue weighted by Crippen LogP contribution is -2.43. The van der Waals surface area contributed by atoms with Crippen molar-refractivity contribution in [3.05, 3.63) is 64.2 Å². The Bertz CT molecular complexity index is 1350. The molecular weight excluding hydrogens is 432 g/mol. The zero-order valence-corrected chi connectivity index (χ0v) is 20.0. The average molecular weight is 461 g/mol. The SMILES string of the molecule is COCC(C1CC1)N(Cc1ccc2sc(C)nc2c1)C(=O)c1ccc2nc(N)c(C)cc2c1. The predicted molar refractivity (Wildman–Crippen MR) is 134 cm³/mol. The molecule has 33 heavy (non-hydrogen) atoms. The fraction of sp³-hybridized carbons (Fsp3) is 0.346. The number of methoxy groups -OCH3 is 1. The number of nitrogen functional groups attached to an aromatic ring is 1. The van der Waals surface area contributed by atoms with Crippen LogP contribution in [0.1, 0.15) is 39.3 Å². The lowest BCUT2D eigenvalue weighted by molar-refractivity contribution is 0.0459. The lowest BCUT2D eigenvalue weighted by Gasteiger charge is -2.32. The Morgan fingerprint density at radius 2 is 1.97 bits per heavy atom. The van der Waals surface area contributed by atoms with E-state index in [0.717, 1.165) is 45.4 Å². The molecule has 4 aromatic rings. The fourth-order valence-corrected chi connectivity index (χ4v) is 5.26. The molecule has 0 bridgehead atoms. The van der Waals surface area contributed by atoms with Crippen LogP contribution in [0.15, 0.2) is 42.5 Å². The van der Waals surface area contributed by atoms with Gasteiger partial charge in [0, 0.05) is 24.6 Å². The largest absolute Gasteiger partial charge is 0.383 e. The zero-order chi connectivity index (χ0) is 23.1. The first kappa shape index (κ1) is 21.8. The van der Waals surface area contributed by atoms with Crippen molar-refractivity contribution in [1.82, 2.24) is 14.9 Å². The van der Waals surface area contributed by atoms with Crippen LogP contribution < -0.4 is 5.73 Å². The Hall–Kier alpha value is -3.03. The number of benzene rings is 2. The molecule has 0 radical (unpaired) electrons. The molecule has 0 saturated heterocycles. The third-order valence-corrected chi connectivity index (χ3v) is 7.32. The van der Waals surface area contributed by atoms with Crippen molar-refractivity contribution in [2.45, 2.75) is 39.3 Å². The average Bonchev–Trinajstić information content (AvgIpc) is 3.56. The number of hydrogen-bond donors (Lipinski definition) is 1. The molecular formula is C26H28N4O2S. The molecule has 1 atom stereocenters. The van der Waals surface area contributed by atoms with Crippen molar-refractivity contribution in [2.24, 2.45) is 5.92 Å². The van der Waals surface area contributed by atoms with Crippen LogP contribution in [0, 0.1) is 19.8 Å². The third-order valence-electron chi connectivity index (χ3n) is 6.37. The van der Waals surface area contributed by atoms with Crippen LogP contribution in [0.2, 0.25) is 0 Å². The Kier molecular flexibility index (Phi) is 5.76. The first-order valence-corrected chi connectivity index (χ1v) is 12.1. The van der Waals surface area contributed by atoms with Crippen molar-refractivity contribution in [1.29, 1.82) is 0 Å². The van der Waals surface area contributed by atoms with Crippen molar-refractivity contribution in [3.8, 4) is 0 Å². The second-order valence-corrected chi connectivity index (χ2v) is 10.2. The minimum Gasteiger partial charge on any atom is -0.383 e. The van der Waals surface area contributed by atoms with Gasteiger partial charge < -0.3 is 15.4 Å². The minimum atomic E-state index is 0.00915. The molecule has 5 rings (SSSR count). The number of rotatable bonds is 7. The lowest BCUT2D eigenvalue weighted by atomic mass is 10.0. The summed E-state index contributed by atoms with van der Waals surface area (Å²) in [5.74, 6) is 1.00. The quantitative estimate of drug-likeness (QED) is 0.414. The van der Waals surface area contributed by atoms with Gasteiger partial charge in [0.2, 0.25) is 0 Å². The number of carbonyl (C=O) groups excluding carboxylic acids is 1. The molecule has 0 aliphatic heterocycles. The van der Waals surface area contributed by atoms with Crippen LogP contribution >= 0.6 is 11.3 Å². The number of amides is 1. The van der Waals surface area contributed by atoms with E-state index in [1.807, 2.05) is 43.0 Å². The number of hydrogen-bond acceptors (Lipinski definition) is 6. The maximum absolute atomic E-state index is 13.9. The van der Waals surface area contributed by atoms with E-state index in [1.165, 1.54) is 4.70 Å². The van der Waals surface area contributed by atoms with E-state index in [-0.39, 0.29) is 11.9 Å². The first-order chi connectivity index (χ1) is 15.9. The van der Waals surface area contributed by atoms with Gasteiger partial charge in [0.05, 0.1) is 33.4 Å². The van der Waals surface area contributed by atoms with E-state index < -0.39 is 0 Å². The summed E-state index contributed by atoms with van der Waals surface area (Å²) in [4.78, 5) is 24.9. The number of nitrogens with two attached hydrogens (primary N) is 1. The maximum Gasteiger partial charge on any atom is 0.254 e. The molecule has 2 aromatic heterocycles. The molecule has 2 N–H and O–H groups in total. The van der Waals surface area contributed by atoms with Crippen LogP contribution in [0.3, 0.4) is 0 Å². The highest BCUT2D eigenvalue weighted by atomic mass is 32.1. The number of anilines is 1. The maximum atomic E-state index is 13.9. The van der Waals surface area contributed by atoms with E-state index in [2.05, 4.69) is 28.2 Å². The molecule has 1 unspecified atom stereocenters. The van der Waals surface area contributed by atoms with Gasteiger partial charge >= 0.3 is 0 Å². The number of thiazole rings is 1. The molecule has 7 heteroatoms. The summed E-state index contributed by atoms with van der Waals surface area (Å²) in [7, 11) is 1.71. The molecule has 1 amide bonds. The standard InChI is InChI=1S/C26H28N4O2S/c1-15-10-20-12-19(7-8-21(20)29-25(15)27)26(31)30(23(14-32-3)18-5-6-18)13-17-4-9-24-22(11-17)28-16(2)33-24/h4,7-12,18,23H,5-6,13-14H2,1-3H3,(H2,27,29). The molecule has 170 valence electrons. The summed E-state index contributed by atoms with van der Waals surface area (Å²) in [5, 5.41) is 1.97. The Morgan fingerprint density at radius 3 is 2.73 bits per heavy atom. The van der Waals surface area contributed by atoms with Gasteiger partial charge in [-0.2, -0.15) is 0 Å². The molecule has 2 aromatic carbocycles. The van der Waals surface area contributed by atoms with E-state index in [4.69, 9.17) is 10.5 Å². The predicted octanol–water partition coefficient (Wildman–Crippen LogP) is 5.11. The smallest absolute Gasteiger partial charge is 0.254 e. The van der Waals surface area contributed by atoms with E-state index >= 15 is 0 Å². The summed E-state index contributed by atoms with van der Waals surface area (Å²) in [6, 6.07) is 14.0. The second-order valence-electron chi connectivity index (χ2n) is 8.93. The molecule has 1 aliphatic rings. The van der Waals surface area contributed by atoms with Crippen molar-refractivity contribution >= 4 is 44.2 Å². The summed E-state index contributed by atoms with van der Waals surface area (Å²) in [6.07, 6.45) is 2.25. The van der Waals surface area contributed by atoms with Crippen molar-refractivity contribution in [3.63, 3.8) is 0 Å². The Balaban J connectivity index is 1.52. The molecule has 2 heterocycles. The monoisotopic (exact) mass is 460 g/mol. The van der Waals surface area contributed by atoms with Gasteiger partial charge in [-0.25, -0.2) is 9.97 Å². The van der Waals surface area contributed by atoms with Crippen LogP contribution in [-0.2, 0) is 11.3 Å². The zero-order valence-electron chi connectivity index (χ0n) is 19.2. The number of carbonyl (C=O) groups is 1. The molecule has 1 fully saturated rings. The van der Waals surface area contributed by atoms with Gasteiger partial charge in [-0.1, -0.05) is 6.07 Å². The van der Waals surface area contributed by atoms with Gasteiger partial charge in [0.15, 0.2) is 0 Å². The topological polar surface area (TPSA) is 81.3 Å². The highest BCUT2D eigenvalue weighted by Crippen LogP contribution is 2.37. The van der Waals surface area contributed by atoms with E-state index in [0.29, 0.717) is 30.5 Å². The third kappa shape index (κ3) is 4.43. The summed E-state index contributed by atoms with van der Waals surface area (Å²) < 4.78 is 6.72.